The van der Waals surface area contributed by atoms with E-state index in [1.54, 1.807) is 0 Å². The second-order valence-electron chi connectivity index (χ2n) is 9.03. The highest BCUT2D eigenvalue weighted by Crippen LogP contribution is 2.31. The van der Waals surface area contributed by atoms with Crippen molar-refractivity contribution in [3.8, 4) is 0 Å². The first-order valence-electron chi connectivity index (χ1n) is 12.7. The van der Waals surface area contributed by atoms with Gasteiger partial charge in [0.25, 0.3) is 0 Å². The van der Waals surface area contributed by atoms with Crippen molar-refractivity contribution in [1.82, 2.24) is 29.4 Å². The van der Waals surface area contributed by atoms with Crippen molar-refractivity contribution in [2.75, 3.05) is 51.8 Å². The van der Waals surface area contributed by atoms with Gasteiger partial charge < -0.3 is 24.5 Å². The van der Waals surface area contributed by atoms with Crippen molar-refractivity contribution in [3.63, 3.8) is 0 Å². The van der Waals surface area contributed by atoms with Gasteiger partial charge in [-0.2, -0.15) is 0 Å². The van der Waals surface area contributed by atoms with E-state index in [9.17, 15) is 19.7 Å². The lowest BCUT2D eigenvalue weighted by molar-refractivity contribution is -0.388. The van der Waals surface area contributed by atoms with Gasteiger partial charge in [-0.3, -0.25) is 9.47 Å². The summed E-state index contributed by atoms with van der Waals surface area (Å²) in [4.78, 5) is 44.3. The Bertz CT molecular complexity index is 1310. The number of aromatic nitrogens is 5. The van der Waals surface area contributed by atoms with Gasteiger partial charge in [0.2, 0.25) is 17.3 Å². The Morgan fingerprint density at radius 3 is 2.33 bits per heavy atom. The predicted octanol–water partition coefficient (Wildman–Crippen LogP) is 1.78. The topological polar surface area (TPSA) is 151 Å². The molecule has 1 aromatic carbocycles. The van der Waals surface area contributed by atoms with Crippen molar-refractivity contribution in [2.24, 2.45) is 0 Å². The molecule has 1 saturated heterocycles. The van der Waals surface area contributed by atoms with Gasteiger partial charge in [-0.25, -0.2) is 14.3 Å². The molecule has 2 aromatic heterocycles. The Labute approximate surface area is 225 Å². The Morgan fingerprint density at radius 1 is 1.03 bits per heavy atom. The predicted molar refractivity (Wildman–Crippen MR) is 140 cm³/mol. The molecule has 3 heterocycles. The number of nitrogens with zero attached hydrogens (tertiary/aromatic N) is 8. The third-order valence-electron chi connectivity index (χ3n) is 6.68. The van der Waals surface area contributed by atoms with Crippen LogP contribution in [0.3, 0.4) is 0 Å². The monoisotopic (exact) mass is 540 g/mol. The molecule has 0 bridgehead atoms. The van der Waals surface area contributed by atoms with Crippen LogP contribution in [0.15, 0.2) is 30.3 Å². The number of carbonyl (C=O) groups excluding carboxylic acids is 2. The van der Waals surface area contributed by atoms with Crippen LogP contribution < -0.4 is 4.90 Å². The average Bonchev–Trinajstić information content (AvgIpc) is 3.55. The lowest BCUT2D eigenvalue weighted by atomic mass is 10.2. The lowest BCUT2D eigenvalue weighted by Crippen LogP contribution is -2.47. The number of benzene rings is 1. The molecule has 1 aliphatic heterocycles. The van der Waals surface area contributed by atoms with Crippen molar-refractivity contribution in [3.05, 3.63) is 63.2 Å². The first kappa shape index (κ1) is 27.7. The summed E-state index contributed by atoms with van der Waals surface area (Å²) in [6.07, 6.45) is 1.22. The molecular weight excluding hydrogens is 508 g/mol. The fraction of sp³-hybridized carbons (Fsp3) is 0.480. The minimum absolute atomic E-state index is 0.0418. The fourth-order valence-electron chi connectivity index (χ4n) is 4.74. The van der Waals surface area contributed by atoms with Gasteiger partial charge in [-0.15, -0.1) is 5.10 Å². The van der Waals surface area contributed by atoms with Crippen LogP contribution in [0.4, 0.5) is 11.6 Å². The number of rotatable bonds is 11. The zero-order valence-electron chi connectivity index (χ0n) is 22.3. The Balaban J connectivity index is 1.42. The van der Waals surface area contributed by atoms with Crippen LogP contribution in [0.1, 0.15) is 45.7 Å². The molecule has 0 unspecified atom stereocenters. The van der Waals surface area contributed by atoms with Gasteiger partial charge in [-0.05, 0) is 21.9 Å². The van der Waals surface area contributed by atoms with Crippen LogP contribution >= 0.6 is 0 Å². The molecule has 208 valence electrons. The number of hydrogen-bond donors (Lipinski definition) is 0. The van der Waals surface area contributed by atoms with Crippen molar-refractivity contribution in [1.29, 1.82) is 0 Å². The van der Waals surface area contributed by atoms with Crippen LogP contribution in [0, 0.1) is 10.1 Å². The van der Waals surface area contributed by atoms with E-state index in [0.717, 1.165) is 5.56 Å². The zero-order valence-corrected chi connectivity index (χ0v) is 22.3. The third kappa shape index (κ3) is 6.06. The molecule has 14 nitrogen and oxygen atoms in total. The summed E-state index contributed by atoms with van der Waals surface area (Å²) in [7, 11) is 2.42. The lowest BCUT2D eigenvalue weighted by Gasteiger charge is -2.35. The quantitative estimate of drug-likeness (QED) is 0.199. The number of carbonyl (C=O) groups is 2. The first-order valence-corrected chi connectivity index (χ1v) is 12.7. The van der Waals surface area contributed by atoms with Crippen molar-refractivity contribution < 1.29 is 24.0 Å². The van der Waals surface area contributed by atoms with Crippen LogP contribution in [0.5, 0.6) is 0 Å². The molecule has 0 aliphatic carbocycles. The maximum atomic E-state index is 12.2. The molecule has 0 spiro atoms. The molecule has 4 rings (SSSR count). The van der Waals surface area contributed by atoms with E-state index in [0.29, 0.717) is 70.3 Å². The van der Waals surface area contributed by atoms with E-state index in [1.807, 2.05) is 46.7 Å². The number of aryl methyl sites for hydroxylation is 2. The molecule has 0 atom stereocenters. The normalized spacial score (nSPS) is 13.9. The highest BCUT2D eigenvalue weighted by atomic mass is 16.6. The number of esters is 2. The van der Waals surface area contributed by atoms with Gasteiger partial charge in [0.1, 0.15) is 0 Å². The summed E-state index contributed by atoms with van der Waals surface area (Å²) >= 11 is 0. The Morgan fingerprint density at radius 2 is 1.72 bits per heavy atom. The highest BCUT2D eigenvalue weighted by molar-refractivity contribution is 6.00. The maximum absolute atomic E-state index is 12.2. The van der Waals surface area contributed by atoms with Gasteiger partial charge in [-0.1, -0.05) is 42.5 Å². The second kappa shape index (κ2) is 12.5. The standard InChI is InChI=1S/C25H32N8O6/c1-4-19-26-22(33(36)37)23(31(19)17-18-9-6-5-7-10-18)30-15-13-29(14-16-30)11-8-12-32-21(25(35)39-3)20(27-28-32)24(34)38-2/h5-7,9-10H,4,8,11-17H2,1-3H3. The van der Waals surface area contributed by atoms with E-state index in [-0.39, 0.29) is 17.2 Å². The van der Waals surface area contributed by atoms with Gasteiger partial charge in [0, 0.05) is 45.7 Å². The van der Waals surface area contributed by atoms with E-state index in [4.69, 9.17) is 4.74 Å². The summed E-state index contributed by atoms with van der Waals surface area (Å²) in [5.74, 6) is -0.359. The van der Waals surface area contributed by atoms with Gasteiger partial charge in [0.15, 0.2) is 5.69 Å². The molecule has 3 aromatic rings. The summed E-state index contributed by atoms with van der Waals surface area (Å²) in [6, 6.07) is 9.85. The van der Waals surface area contributed by atoms with E-state index in [2.05, 4.69) is 24.9 Å². The van der Waals surface area contributed by atoms with E-state index in [1.165, 1.54) is 18.9 Å². The molecule has 14 heteroatoms. The molecule has 0 radical (unpaired) electrons. The number of hydrogen-bond acceptors (Lipinski definition) is 11. The van der Waals surface area contributed by atoms with Crippen LogP contribution in [-0.2, 0) is 29.0 Å². The number of nitro groups is 1. The minimum atomic E-state index is -0.760. The summed E-state index contributed by atoms with van der Waals surface area (Å²) in [6.45, 7) is 6.12. The zero-order chi connectivity index (χ0) is 27.9. The van der Waals surface area contributed by atoms with Crippen LogP contribution in [0.25, 0.3) is 0 Å². The summed E-state index contributed by atoms with van der Waals surface area (Å²) in [5, 5.41) is 19.6. The van der Waals surface area contributed by atoms with Gasteiger partial charge >= 0.3 is 17.8 Å². The molecule has 39 heavy (non-hydrogen) atoms. The smallest absolute Gasteiger partial charge is 0.406 e. The van der Waals surface area contributed by atoms with Gasteiger partial charge in [0.05, 0.1) is 20.8 Å². The Kier molecular flexibility index (Phi) is 8.86. The number of piperazine rings is 1. The van der Waals surface area contributed by atoms with Crippen LogP contribution in [-0.4, -0.2) is 93.3 Å². The SMILES string of the molecule is CCc1nc([N+](=O)[O-])c(N2CCN(CCCn3nnc(C(=O)OC)c3C(=O)OC)CC2)n1Cc1ccccc1. The van der Waals surface area contributed by atoms with Crippen molar-refractivity contribution in [2.45, 2.75) is 32.9 Å². The molecule has 0 N–H and O–H groups in total. The maximum Gasteiger partial charge on any atom is 0.406 e. The molecular formula is C25H32N8O6. The third-order valence-corrected chi connectivity index (χ3v) is 6.68. The fourth-order valence-corrected chi connectivity index (χ4v) is 4.74. The average molecular weight is 541 g/mol. The minimum Gasteiger partial charge on any atom is -0.464 e. The number of anilines is 1. The number of ether oxygens (including phenoxy) is 2. The highest BCUT2D eigenvalue weighted by Gasteiger charge is 2.33. The molecule has 0 saturated carbocycles. The van der Waals surface area contributed by atoms with E-state index >= 15 is 0 Å². The summed E-state index contributed by atoms with van der Waals surface area (Å²) < 4.78 is 12.8. The van der Waals surface area contributed by atoms with Crippen molar-refractivity contribution >= 4 is 23.6 Å². The van der Waals surface area contributed by atoms with E-state index < -0.39 is 16.9 Å². The number of methoxy groups -OCH3 is 2. The molecule has 1 aliphatic rings. The molecule has 1 fully saturated rings. The molecule has 0 amide bonds. The first-order chi connectivity index (χ1) is 18.9. The Hall–Kier alpha value is -4.33. The summed E-state index contributed by atoms with van der Waals surface area (Å²) in [5.41, 5.74) is 0.826. The largest absolute Gasteiger partial charge is 0.464 e. The van der Waals surface area contributed by atoms with Crippen LogP contribution in [0.2, 0.25) is 0 Å². The second-order valence-corrected chi connectivity index (χ2v) is 9.03. The number of imidazole rings is 1.